The molecule has 2 heterocycles. The molecule has 0 N–H and O–H groups in total. The maximum atomic E-state index is 13.1. The Labute approximate surface area is 192 Å². The molecule has 0 radical (unpaired) electrons. The molecule has 2 aromatic rings. The second-order valence-electron chi connectivity index (χ2n) is 7.66. The summed E-state index contributed by atoms with van der Waals surface area (Å²) in [7, 11) is 1.76. The predicted molar refractivity (Wildman–Crippen MR) is 121 cm³/mol. The molecule has 0 fully saturated rings. The highest BCUT2D eigenvalue weighted by Gasteiger charge is 2.23. The van der Waals surface area contributed by atoms with Gasteiger partial charge in [0.15, 0.2) is 5.69 Å². The van der Waals surface area contributed by atoms with Gasteiger partial charge in [0.1, 0.15) is 5.75 Å². The number of aromatic nitrogens is 2. The van der Waals surface area contributed by atoms with Crippen LogP contribution in [0.15, 0.2) is 24.4 Å². The van der Waals surface area contributed by atoms with Gasteiger partial charge in [-0.15, -0.1) is 0 Å². The second kappa shape index (κ2) is 10.9. The number of fused-ring (bicyclic) bond motifs is 1. The first-order valence-electron chi connectivity index (χ1n) is 10.6. The highest BCUT2D eigenvalue weighted by atomic mass is 35.5. The molecule has 0 unspecified atom stereocenters. The van der Waals surface area contributed by atoms with E-state index in [1.165, 1.54) is 0 Å². The summed E-state index contributed by atoms with van der Waals surface area (Å²) >= 11 is 12.4. The van der Waals surface area contributed by atoms with Crippen molar-refractivity contribution in [3.63, 3.8) is 0 Å². The van der Waals surface area contributed by atoms with Gasteiger partial charge >= 0.3 is 0 Å². The molecule has 7 nitrogen and oxygen atoms in total. The molecule has 2 amide bonds. The van der Waals surface area contributed by atoms with Gasteiger partial charge in [-0.3, -0.25) is 14.3 Å². The normalized spacial score (nSPS) is 16.1. The number of aryl methyl sites for hydroxylation is 1. The van der Waals surface area contributed by atoms with Crippen molar-refractivity contribution in [2.75, 3.05) is 33.3 Å². The Morgan fingerprint density at radius 3 is 2.68 bits per heavy atom. The van der Waals surface area contributed by atoms with Gasteiger partial charge in [-0.05, 0) is 43.9 Å². The van der Waals surface area contributed by atoms with Gasteiger partial charge in [0.2, 0.25) is 0 Å². The van der Waals surface area contributed by atoms with Crippen LogP contribution in [0.2, 0.25) is 10.0 Å². The first-order valence-corrected chi connectivity index (χ1v) is 11.4. The number of nitrogens with zero attached hydrogens (tertiary/aromatic N) is 4. The van der Waals surface area contributed by atoms with Crippen molar-refractivity contribution >= 4 is 35.0 Å². The van der Waals surface area contributed by atoms with Crippen LogP contribution in [-0.2, 0) is 6.54 Å². The van der Waals surface area contributed by atoms with Gasteiger partial charge in [-0.2, -0.15) is 5.10 Å². The third-order valence-corrected chi connectivity index (χ3v) is 5.69. The van der Waals surface area contributed by atoms with Crippen molar-refractivity contribution < 1.29 is 14.3 Å². The molecule has 0 saturated carbocycles. The molecule has 1 aromatic heterocycles. The lowest BCUT2D eigenvalue weighted by Crippen LogP contribution is -2.34. The van der Waals surface area contributed by atoms with Gasteiger partial charge in [0.05, 0.1) is 17.2 Å². The largest absolute Gasteiger partial charge is 0.493 e. The summed E-state index contributed by atoms with van der Waals surface area (Å²) in [6, 6.07) is 5.06. The fraction of sp³-hybridized carbons (Fsp3) is 0.500. The average Bonchev–Trinajstić information content (AvgIpc) is 3.12. The summed E-state index contributed by atoms with van der Waals surface area (Å²) in [6.45, 7) is 4.78. The first-order chi connectivity index (χ1) is 14.9. The van der Waals surface area contributed by atoms with E-state index in [9.17, 15) is 9.59 Å². The molecule has 31 heavy (non-hydrogen) atoms. The van der Waals surface area contributed by atoms with Crippen molar-refractivity contribution in [2.24, 2.45) is 0 Å². The second-order valence-corrected chi connectivity index (χ2v) is 8.50. The fourth-order valence-electron chi connectivity index (χ4n) is 3.54. The van der Waals surface area contributed by atoms with Crippen molar-refractivity contribution in [1.29, 1.82) is 0 Å². The maximum Gasteiger partial charge on any atom is 0.275 e. The summed E-state index contributed by atoms with van der Waals surface area (Å²) in [4.78, 5) is 29.4. The summed E-state index contributed by atoms with van der Waals surface area (Å²) < 4.78 is 7.59. The molecule has 0 aliphatic carbocycles. The molecule has 9 heteroatoms. The van der Waals surface area contributed by atoms with E-state index in [0.717, 1.165) is 19.3 Å². The van der Waals surface area contributed by atoms with E-state index in [2.05, 4.69) is 5.10 Å². The molecular weight excluding hydrogens is 439 g/mol. The summed E-state index contributed by atoms with van der Waals surface area (Å²) in [5.74, 6) is 0.198. The molecule has 1 aliphatic heterocycles. The van der Waals surface area contributed by atoms with Gasteiger partial charge < -0.3 is 14.5 Å². The summed E-state index contributed by atoms with van der Waals surface area (Å²) in [6.07, 6.45) is 4.75. The van der Waals surface area contributed by atoms with Crippen LogP contribution in [-0.4, -0.2) is 64.7 Å². The van der Waals surface area contributed by atoms with E-state index in [1.54, 1.807) is 45.9 Å². The van der Waals surface area contributed by atoms with Crippen molar-refractivity contribution in [3.8, 4) is 5.75 Å². The number of amides is 2. The zero-order chi connectivity index (χ0) is 22.4. The standard InChI is InChI=1S/C22H28Cl2N4O3/c1-3-9-28-15-18(24)20(25-28)22(30)27-11-5-4-10-26(2)21(29)17-14-16(23)7-8-19(17)31-13-6-12-27/h7-8,14-15H,3-6,9-13H2,1-2H3. The van der Waals surface area contributed by atoms with E-state index in [4.69, 9.17) is 27.9 Å². The highest BCUT2D eigenvalue weighted by Crippen LogP contribution is 2.25. The summed E-state index contributed by atoms with van der Waals surface area (Å²) in [5, 5.41) is 5.24. The number of ether oxygens (including phenoxy) is 1. The Morgan fingerprint density at radius 2 is 1.90 bits per heavy atom. The average molecular weight is 467 g/mol. The number of rotatable bonds is 3. The number of benzene rings is 1. The topological polar surface area (TPSA) is 67.7 Å². The quantitative estimate of drug-likeness (QED) is 0.672. The minimum Gasteiger partial charge on any atom is -0.493 e. The van der Waals surface area contributed by atoms with E-state index < -0.39 is 0 Å². The molecule has 0 atom stereocenters. The van der Waals surface area contributed by atoms with Crippen LogP contribution in [0.3, 0.4) is 0 Å². The van der Waals surface area contributed by atoms with Gasteiger partial charge in [-0.1, -0.05) is 30.1 Å². The van der Waals surface area contributed by atoms with Gasteiger partial charge in [0, 0.05) is 44.4 Å². The minimum atomic E-state index is -0.175. The van der Waals surface area contributed by atoms with E-state index in [0.29, 0.717) is 60.6 Å². The van der Waals surface area contributed by atoms with Crippen molar-refractivity contribution in [1.82, 2.24) is 19.6 Å². The van der Waals surface area contributed by atoms with E-state index >= 15 is 0 Å². The van der Waals surface area contributed by atoms with Crippen LogP contribution in [0, 0.1) is 0 Å². The Hall–Kier alpha value is -2.25. The predicted octanol–water partition coefficient (Wildman–Crippen LogP) is 4.38. The minimum absolute atomic E-state index is 0.127. The van der Waals surface area contributed by atoms with Gasteiger partial charge in [0.25, 0.3) is 11.8 Å². The third kappa shape index (κ3) is 5.92. The number of halogens is 2. The molecule has 1 aromatic carbocycles. The monoisotopic (exact) mass is 466 g/mol. The van der Waals surface area contributed by atoms with Crippen LogP contribution in [0.5, 0.6) is 5.75 Å². The third-order valence-electron chi connectivity index (χ3n) is 5.18. The lowest BCUT2D eigenvalue weighted by Gasteiger charge is -2.22. The molecule has 168 valence electrons. The van der Waals surface area contributed by atoms with Crippen LogP contribution in [0.4, 0.5) is 0 Å². The Balaban J connectivity index is 1.76. The smallest absolute Gasteiger partial charge is 0.275 e. The molecular formula is C22H28Cl2N4O3. The van der Waals surface area contributed by atoms with Crippen molar-refractivity contribution in [3.05, 3.63) is 45.7 Å². The van der Waals surface area contributed by atoms with Gasteiger partial charge in [-0.25, -0.2) is 0 Å². The highest BCUT2D eigenvalue weighted by molar-refractivity contribution is 6.33. The number of carbonyl (C=O) groups excluding carboxylic acids is 2. The van der Waals surface area contributed by atoms with Crippen LogP contribution >= 0.6 is 23.2 Å². The Morgan fingerprint density at radius 1 is 1.16 bits per heavy atom. The number of hydrogen-bond donors (Lipinski definition) is 0. The van der Waals surface area contributed by atoms with Crippen LogP contribution in [0.25, 0.3) is 0 Å². The summed E-state index contributed by atoms with van der Waals surface area (Å²) in [5.41, 5.74) is 0.739. The SMILES string of the molecule is CCCn1cc(Cl)c(C(=O)N2CCCCN(C)C(=O)c3cc(Cl)ccc3OCCC2)n1. The first kappa shape index (κ1) is 23.4. The van der Waals surface area contributed by atoms with E-state index in [-0.39, 0.29) is 17.5 Å². The lowest BCUT2D eigenvalue weighted by atomic mass is 10.1. The van der Waals surface area contributed by atoms with Crippen LogP contribution in [0.1, 0.15) is 53.5 Å². The lowest BCUT2D eigenvalue weighted by molar-refractivity contribution is 0.0729. The Kier molecular flexibility index (Phi) is 8.21. The molecule has 1 aliphatic rings. The fourth-order valence-corrected chi connectivity index (χ4v) is 3.95. The number of carbonyl (C=O) groups is 2. The number of hydrogen-bond acceptors (Lipinski definition) is 4. The zero-order valence-corrected chi connectivity index (χ0v) is 19.5. The van der Waals surface area contributed by atoms with Crippen molar-refractivity contribution in [2.45, 2.75) is 39.2 Å². The Bertz CT molecular complexity index is 931. The maximum absolute atomic E-state index is 13.1. The molecule has 0 spiro atoms. The van der Waals surface area contributed by atoms with Crippen LogP contribution < -0.4 is 4.74 Å². The molecule has 3 rings (SSSR count). The zero-order valence-electron chi connectivity index (χ0n) is 17.9. The molecule has 0 bridgehead atoms. The van der Waals surface area contributed by atoms with E-state index in [1.807, 2.05) is 6.92 Å². The molecule has 0 saturated heterocycles.